The Labute approximate surface area is 247 Å². The first kappa shape index (κ1) is 30.3. The summed E-state index contributed by atoms with van der Waals surface area (Å²) in [5, 5.41) is 18.4. The van der Waals surface area contributed by atoms with E-state index >= 15 is 0 Å². The maximum atomic E-state index is 13.4. The first-order valence-electron chi connectivity index (χ1n) is 13.6. The standard InChI is InChI=1S/C32H33N3O6S/c1-21-8-6-9-22(18-21)20-41-32(40)33-17-7-13-26(35-31(39)28-19-24-11-3-5-14-27(24)42-28)30(38)34-25-12-4-2-10-23(25)15-16-29(36)37/h2-6,8-12,14,18-19,26H,7,13,15-17,20H2,1H3,(H,33,40)(H,34,38)(H,35,39)(H,36,37)/t26-/m0/s1. The maximum absolute atomic E-state index is 13.4. The second-order valence-electron chi connectivity index (χ2n) is 9.85. The van der Waals surface area contributed by atoms with Crippen LogP contribution in [0.3, 0.4) is 0 Å². The van der Waals surface area contributed by atoms with E-state index in [0.29, 0.717) is 22.5 Å². The maximum Gasteiger partial charge on any atom is 0.407 e. The predicted molar refractivity (Wildman–Crippen MR) is 163 cm³/mol. The summed E-state index contributed by atoms with van der Waals surface area (Å²) in [6, 6.07) is 23.2. The Kier molecular flexibility index (Phi) is 10.7. The van der Waals surface area contributed by atoms with E-state index in [9.17, 15) is 19.2 Å². The first-order chi connectivity index (χ1) is 20.3. The molecule has 10 heteroatoms. The summed E-state index contributed by atoms with van der Waals surface area (Å²) in [7, 11) is 0. The van der Waals surface area contributed by atoms with Gasteiger partial charge in [0.05, 0.1) is 4.88 Å². The number of para-hydroxylation sites is 1. The van der Waals surface area contributed by atoms with Gasteiger partial charge in [-0.25, -0.2) is 4.79 Å². The van der Waals surface area contributed by atoms with E-state index in [1.54, 1.807) is 30.3 Å². The van der Waals surface area contributed by atoms with Crippen molar-refractivity contribution in [3.8, 4) is 0 Å². The fourth-order valence-corrected chi connectivity index (χ4v) is 5.38. The molecule has 3 amide bonds. The Morgan fingerprint density at radius 1 is 0.952 bits per heavy atom. The molecule has 0 aliphatic rings. The van der Waals surface area contributed by atoms with Crippen molar-refractivity contribution in [1.82, 2.24) is 10.6 Å². The van der Waals surface area contributed by atoms with Gasteiger partial charge >= 0.3 is 12.1 Å². The predicted octanol–water partition coefficient (Wildman–Crippen LogP) is 5.67. The average Bonchev–Trinajstić information content (AvgIpc) is 3.42. The minimum atomic E-state index is -0.936. The molecule has 0 aliphatic heterocycles. The number of benzene rings is 3. The fourth-order valence-electron chi connectivity index (χ4n) is 4.41. The zero-order valence-electron chi connectivity index (χ0n) is 23.2. The van der Waals surface area contributed by atoms with Crippen LogP contribution in [0.15, 0.2) is 78.9 Å². The number of nitrogens with one attached hydrogen (secondary N) is 3. The molecule has 218 valence electrons. The minimum Gasteiger partial charge on any atom is -0.481 e. The number of carboxylic acid groups (broad SMARTS) is 1. The van der Waals surface area contributed by atoms with Crippen LogP contribution in [0, 0.1) is 6.92 Å². The van der Waals surface area contributed by atoms with Gasteiger partial charge in [-0.2, -0.15) is 0 Å². The number of amides is 3. The monoisotopic (exact) mass is 587 g/mol. The van der Waals surface area contributed by atoms with Crippen molar-refractivity contribution < 1.29 is 29.0 Å². The van der Waals surface area contributed by atoms with E-state index in [4.69, 9.17) is 9.84 Å². The topological polar surface area (TPSA) is 134 Å². The van der Waals surface area contributed by atoms with E-state index in [1.807, 2.05) is 55.5 Å². The van der Waals surface area contributed by atoms with Gasteiger partial charge < -0.3 is 25.8 Å². The number of hydrogen-bond acceptors (Lipinski definition) is 6. The van der Waals surface area contributed by atoms with E-state index in [1.165, 1.54) is 11.3 Å². The molecule has 0 unspecified atom stereocenters. The molecule has 0 aliphatic carbocycles. The molecule has 0 radical (unpaired) electrons. The Balaban J connectivity index is 1.38. The molecule has 4 N–H and O–H groups in total. The molecule has 1 atom stereocenters. The van der Waals surface area contributed by atoms with Crippen molar-refractivity contribution in [3.63, 3.8) is 0 Å². The molecule has 4 aromatic rings. The third-order valence-electron chi connectivity index (χ3n) is 6.55. The molecule has 1 heterocycles. The summed E-state index contributed by atoms with van der Waals surface area (Å²) in [5.74, 6) is -1.75. The second-order valence-corrected chi connectivity index (χ2v) is 10.9. The summed E-state index contributed by atoms with van der Waals surface area (Å²) >= 11 is 1.34. The number of carboxylic acids is 1. The van der Waals surface area contributed by atoms with Crippen molar-refractivity contribution in [2.24, 2.45) is 0 Å². The van der Waals surface area contributed by atoms with Crippen molar-refractivity contribution in [1.29, 1.82) is 0 Å². The molecule has 0 bridgehead atoms. The molecule has 0 fully saturated rings. The zero-order valence-corrected chi connectivity index (χ0v) is 24.0. The number of thiophene rings is 1. The summed E-state index contributed by atoms with van der Waals surface area (Å²) in [6.45, 7) is 2.35. The van der Waals surface area contributed by atoms with Crippen molar-refractivity contribution in [2.45, 2.75) is 45.3 Å². The number of hydrogen-bond donors (Lipinski definition) is 4. The van der Waals surface area contributed by atoms with Crippen LogP contribution in [0.4, 0.5) is 10.5 Å². The Bertz CT molecular complexity index is 1530. The summed E-state index contributed by atoms with van der Waals surface area (Å²) in [6.07, 6.45) is 0.242. The van der Waals surface area contributed by atoms with E-state index in [2.05, 4.69) is 16.0 Å². The lowest BCUT2D eigenvalue weighted by atomic mass is 10.1. The van der Waals surface area contributed by atoms with Gasteiger partial charge in [-0.3, -0.25) is 14.4 Å². The number of alkyl carbamates (subject to hydrolysis) is 1. The number of anilines is 1. The molecule has 4 rings (SSSR count). The van der Waals surface area contributed by atoms with Crippen LogP contribution in [0.1, 0.15) is 45.6 Å². The molecular formula is C32H33N3O6S. The van der Waals surface area contributed by atoms with Gasteiger partial charge in [0.15, 0.2) is 0 Å². The normalized spacial score (nSPS) is 11.5. The highest BCUT2D eigenvalue weighted by atomic mass is 32.1. The van der Waals surface area contributed by atoms with Crippen LogP contribution in [0.2, 0.25) is 0 Å². The summed E-state index contributed by atoms with van der Waals surface area (Å²) in [5.41, 5.74) is 3.13. The number of aliphatic carboxylic acids is 1. The fraction of sp³-hybridized carbons (Fsp3) is 0.250. The molecule has 9 nitrogen and oxygen atoms in total. The van der Waals surface area contributed by atoms with Crippen molar-refractivity contribution >= 4 is 51.0 Å². The van der Waals surface area contributed by atoms with E-state index in [-0.39, 0.29) is 38.3 Å². The average molecular weight is 588 g/mol. The van der Waals surface area contributed by atoms with Crippen molar-refractivity contribution in [3.05, 3.63) is 100 Å². The van der Waals surface area contributed by atoms with Crippen LogP contribution in [0.25, 0.3) is 10.1 Å². The number of carbonyl (C=O) groups is 4. The van der Waals surface area contributed by atoms with Gasteiger partial charge in [0.25, 0.3) is 5.91 Å². The van der Waals surface area contributed by atoms with Crippen LogP contribution < -0.4 is 16.0 Å². The number of carbonyl (C=O) groups excluding carboxylic acids is 3. The van der Waals surface area contributed by atoms with Crippen LogP contribution in [-0.2, 0) is 27.4 Å². The summed E-state index contributed by atoms with van der Waals surface area (Å²) < 4.78 is 6.24. The van der Waals surface area contributed by atoms with Gasteiger partial charge in [0.1, 0.15) is 12.6 Å². The molecule has 0 saturated carbocycles. The third kappa shape index (κ3) is 8.90. The number of aryl methyl sites for hydroxylation is 2. The highest BCUT2D eigenvalue weighted by Gasteiger charge is 2.23. The van der Waals surface area contributed by atoms with E-state index in [0.717, 1.165) is 21.2 Å². The minimum absolute atomic E-state index is 0.0787. The zero-order chi connectivity index (χ0) is 29.9. The lowest BCUT2D eigenvalue weighted by Crippen LogP contribution is -2.44. The Hall–Kier alpha value is -4.70. The number of rotatable bonds is 13. The number of ether oxygens (including phenoxy) is 1. The molecule has 3 aromatic carbocycles. The third-order valence-corrected chi connectivity index (χ3v) is 7.66. The SMILES string of the molecule is Cc1cccc(COC(=O)NCCC[C@H](NC(=O)c2cc3ccccc3s2)C(=O)Nc2ccccc2CCC(=O)O)c1. The van der Waals surface area contributed by atoms with Gasteiger partial charge in [-0.1, -0.05) is 66.2 Å². The van der Waals surface area contributed by atoms with Gasteiger partial charge in [0.2, 0.25) is 5.91 Å². The van der Waals surface area contributed by atoms with Crippen LogP contribution in [0.5, 0.6) is 0 Å². The summed E-state index contributed by atoms with van der Waals surface area (Å²) in [4.78, 5) is 50.3. The molecule has 0 saturated heterocycles. The lowest BCUT2D eigenvalue weighted by Gasteiger charge is -2.19. The first-order valence-corrected chi connectivity index (χ1v) is 14.5. The Morgan fingerprint density at radius 2 is 1.74 bits per heavy atom. The van der Waals surface area contributed by atoms with Crippen LogP contribution >= 0.6 is 11.3 Å². The highest BCUT2D eigenvalue weighted by Crippen LogP contribution is 2.25. The van der Waals surface area contributed by atoms with Gasteiger partial charge in [-0.15, -0.1) is 11.3 Å². The van der Waals surface area contributed by atoms with Crippen LogP contribution in [-0.4, -0.2) is 41.6 Å². The smallest absolute Gasteiger partial charge is 0.407 e. The largest absolute Gasteiger partial charge is 0.481 e. The second kappa shape index (κ2) is 14.8. The van der Waals surface area contributed by atoms with E-state index < -0.39 is 24.0 Å². The molecular weight excluding hydrogens is 554 g/mol. The van der Waals surface area contributed by atoms with Gasteiger partial charge in [0, 0.05) is 23.4 Å². The molecule has 42 heavy (non-hydrogen) atoms. The molecule has 0 spiro atoms. The van der Waals surface area contributed by atoms with Gasteiger partial charge in [-0.05, 0) is 60.9 Å². The Morgan fingerprint density at radius 3 is 2.52 bits per heavy atom. The van der Waals surface area contributed by atoms with Crippen molar-refractivity contribution in [2.75, 3.05) is 11.9 Å². The highest BCUT2D eigenvalue weighted by molar-refractivity contribution is 7.20. The lowest BCUT2D eigenvalue weighted by molar-refractivity contribution is -0.137. The number of fused-ring (bicyclic) bond motifs is 1. The quantitative estimate of drug-likeness (QED) is 0.149. The molecule has 1 aromatic heterocycles.